The predicted molar refractivity (Wildman–Crippen MR) is 95.5 cm³/mol. The minimum atomic E-state index is -4.79. The minimum absolute atomic E-state index is 0.0129. The number of carboxylic acid groups (broad SMARTS) is 1. The molecule has 2 saturated carbocycles. The third kappa shape index (κ3) is 2.61. The number of anilines is 1. The molecule has 156 valence electrons. The van der Waals surface area contributed by atoms with Crippen LogP contribution < -0.4 is 9.62 Å². The fourth-order valence-electron chi connectivity index (χ4n) is 5.53. The van der Waals surface area contributed by atoms with E-state index in [1.165, 1.54) is 12.1 Å². The second-order valence-electron chi connectivity index (χ2n) is 8.05. The summed E-state index contributed by atoms with van der Waals surface area (Å²) in [5, 5.41) is 20.4. The molecule has 1 aliphatic heterocycles. The molecular weight excluding hydrogens is 411 g/mol. The Labute approximate surface area is 165 Å². The summed E-state index contributed by atoms with van der Waals surface area (Å²) < 4.78 is 66.6. The number of amides is 1. The van der Waals surface area contributed by atoms with Gasteiger partial charge in [-0.3, -0.25) is 4.31 Å². The molecule has 2 N–H and O–H groups in total. The Kier molecular flexibility index (Phi) is 4.11. The second-order valence-corrected chi connectivity index (χ2v) is 10.3. The molecule has 11 heteroatoms. The Morgan fingerprint density at radius 1 is 1.38 bits per heavy atom. The smallest absolute Gasteiger partial charge is 0.417 e. The van der Waals surface area contributed by atoms with Gasteiger partial charge in [-0.1, -0.05) is 0 Å². The van der Waals surface area contributed by atoms with Gasteiger partial charge < -0.3 is 10.4 Å². The summed E-state index contributed by atoms with van der Waals surface area (Å²) in [6.45, 7) is 1.60. The van der Waals surface area contributed by atoms with Crippen molar-refractivity contribution in [2.24, 2.45) is 17.8 Å². The number of rotatable bonds is 2. The van der Waals surface area contributed by atoms with Gasteiger partial charge in [-0.05, 0) is 49.8 Å². The zero-order chi connectivity index (χ0) is 21.4. The highest BCUT2D eigenvalue weighted by Gasteiger charge is 2.70. The number of carbonyl (C=O) groups is 1. The number of nitrogens with zero attached hydrogens (tertiary/aromatic N) is 2. The van der Waals surface area contributed by atoms with Crippen LogP contribution in [-0.4, -0.2) is 37.0 Å². The molecule has 3 aliphatic rings. The van der Waals surface area contributed by atoms with Crippen molar-refractivity contribution in [3.63, 3.8) is 0 Å². The van der Waals surface area contributed by atoms with E-state index in [0.29, 0.717) is 18.9 Å². The van der Waals surface area contributed by atoms with E-state index in [1.54, 1.807) is 6.92 Å². The highest BCUT2D eigenvalue weighted by molar-refractivity contribution is 7.94. The SMILES string of the molecule is C[C@@]12[C@H]3C[C@H]([C@H](NC(=O)O)C3)[C@@H]1CN(c1ccc(C#N)c(C(F)(F)F)c1)S2(=O)=O. The van der Waals surface area contributed by atoms with Crippen LogP contribution in [0.5, 0.6) is 0 Å². The monoisotopic (exact) mass is 429 g/mol. The summed E-state index contributed by atoms with van der Waals surface area (Å²) >= 11 is 0. The van der Waals surface area contributed by atoms with E-state index in [0.717, 1.165) is 10.4 Å². The van der Waals surface area contributed by atoms with Gasteiger partial charge in [0.05, 0.1) is 27.6 Å². The van der Waals surface area contributed by atoms with E-state index in [1.807, 2.05) is 0 Å². The molecule has 2 aliphatic carbocycles. The number of halogens is 3. The molecule has 0 aromatic heterocycles. The fraction of sp³-hybridized carbons (Fsp3) is 0.556. The molecule has 7 nitrogen and oxygen atoms in total. The van der Waals surface area contributed by atoms with Gasteiger partial charge in [0, 0.05) is 18.5 Å². The topological polar surface area (TPSA) is 110 Å². The number of benzene rings is 1. The lowest BCUT2D eigenvalue weighted by Crippen LogP contribution is -2.51. The number of hydrogen-bond donors (Lipinski definition) is 2. The van der Waals surface area contributed by atoms with Gasteiger partial charge in [-0.2, -0.15) is 18.4 Å². The Hall–Kier alpha value is -2.48. The first-order valence-electron chi connectivity index (χ1n) is 9.04. The van der Waals surface area contributed by atoms with Crippen molar-refractivity contribution in [2.45, 2.75) is 36.7 Å². The third-order valence-electron chi connectivity index (χ3n) is 6.91. The van der Waals surface area contributed by atoms with Crippen LogP contribution in [0.2, 0.25) is 0 Å². The van der Waals surface area contributed by atoms with E-state index < -0.39 is 44.1 Å². The van der Waals surface area contributed by atoms with Crippen LogP contribution in [0.3, 0.4) is 0 Å². The summed E-state index contributed by atoms with van der Waals surface area (Å²) in [5.41, 5.74) is -1.88. The Morgan fingerprint density at radius 2 is 2.07 bits per heavy atom. The Balaban J connectivity index is 1.74. The Morgan fingerprint density at radius 3 is 2.66 bits per heavy atom. The van der Waals surface area contributed by atoms with Crippen LogP contribution in [0.1, 0.15) is 30.9 Å². The number of sulfonamides is 1. The van der Waals surface area contributed by atoms with Crippen molar-refractivity contribution in [3.8, 4) is 6.07 Å². The molecular formula is C18H18F3N3O4S. The van der Waals surface area contributed by atoms with E-state index in [4.69, 9.17) is 10.4 Å². The highest BCUT2D eigenvalue weighted by Crippen LogP contribution is 2.62. The fourth-order valence-corrected chi connectivity index (χ4v) is 8.00. The molecule has 1 amide bonds. The van der Waals surface area contributed by atoms with Crippen LogP contribution in [-0.2, 0) is 16.2 Å². The van der Waals surface area contributed by atoms with Crippen LogP contribution in [0, 0.1) is 29.1 Å². The van der Waals surface area contributed by atoms with Gasteiger partial charge in [-0.25, -0.2) is 13.2 Å². The molecule has 1 saturated heterocycles. The van der Waals surface area contributed by atoms with Crippen LogP contribution in [0.25, 0.3) is 0 Å². The summed E-state index contributed by atoms with van der Waals surface area (Å²) in [5.74, 6) is -0.862. The van der Waals surface area contributed by atoms with Gasteiger partial charge in [0.25, 0.3) is 0 Å². The average molecular weight is 429 g/mol. The van der Waals surface area contributed by atoms with E-state index in [9.17, 15) is 26.4 Å². The first kappa shape index (κ1) is 19.8. The lowest BCUT2D eigenvalue weighted by Gasteiger charge is -2.36. The van der Waals surface area contributed by atoms with E-state index >= 15 is 0 Å². The molecule has 4 rings (SSSR count). The first-order chi connectivity index (χ1) is 13.4. The minimum Gasteiger partial charge on any atom is -0.465 e. The van der Waals surface area contributed by atoms with Gasteiger partial charge in [0.1, 0.15) is 0 Å². The number of alkyl halides is 3. The average Bonchev–Trinajstić information content (AvgIpc) is 3.21. The number of nitriles is 1. The summed E-state index contributed by atoms with van der Waals surface area (Å²) in [6.07, 6.45) is -5.01. The quantitative estimate of drug-likeness (QED) is 0.751. The van der Waals surface area contributed by atoms with Gasteiger partial charge in [0.2, 0.25) is 10.0 Å². The zero-order valence-corrected chi connectivity index (χ0v) is 16.1. The maximum absolute atomic E-state index is 13.4. The second kappa shape index (κ2) is 6.01. The standard InChI is InChI=1S/C18H18F3N3O4S/c1-17-10-4-12(15(5-10)23-16(25)26)14(17)8-24(29(17,27)28)11-3-2-9(7-22)13(6-11)18(19,20)21/h2-3,6,10,12,14-15,23H,4-5,8H2,1H3,(H,25,26)/t10-,12-,14-,15+,17+/m0/s1. The molecule has 5 atom stereocenters. The normalized spacial score (nSPS) is 34.7. The maximum atomic E-state index is 13.4. The Bertz CT molecular complexity index is 1040. The number of fused-ring (bicyclic) bond motifs is 5. The largest absolute Gasteiger partial charge is 0.465 e. The molecule has 1 aromatic carbocycles. The van der Waals surface area contributed by atoms with Crippen molar-refractivity contribution < 1.29 is 31.5 Å². The zero-order valence-electron chi connectivity index (χ0n) is 15.3. The molecule has 1 aromatic rings. The predicted octanol–water partition coefficient (Wildman–Crippen LogP) is 2.78. The lowest BCUT2D eigenvalue weighted by molar-refractivity contribution is -0.137. The third-order valence-corrected chi connectivity index (χ3v) is 9.60. The molecule has 2 bridgehead atoms. The molecule has 0 spiro atoms. The summed E-state index contributed by atoms with van der Waals surface area (Å²) in [6, 6.07) is 4.02. The van der Waals surface area contributed by atoms with Crippen molar-refractivity contribution >= 4 is 21.8 Å². The van der Waals surface area contributed by atoms with Crippen LogP contribution in [0.4, 0.5) is 23.7 Å². The molecule has 1 heterocycles. The summed E-state index contributed by atoms with van der Waals surface area (Å²) in [4.78, 5) is 11.0. The van der Waals surface area contributed by atoms with Crippen molar-refractivity contribution in [1.29, 1.82) is 5.26 Å². The number of nitrogens with one attached hydrogen (secondary N) is 1. The van der Waals surface area contributed by atoms with Gasteiger partial charge >= 0.3 is 12.3 Å². The first-order valence-corrected chi connectivity index (χ1v) is 10.5. The molecule has 0 unspecified atom stereocenters. The molecule has 0 radical (unpaired) electrons. The van der Waals surface area contributed by atoms with Crippen molar-refractivity contribution in [2.75, 3.05) is 10.8 Å². The van der Waals surface area contributed by atoms with Crippen molar-refractivity contribution in [3.05, 3.63) is 29.3 Å². The van der Waals surface area contributed by atoms with E-state index in [-0.39, 0.29) is 30.1 Å². The van der Waals surface area contributed by atoms with Crippen LogP contribution >= 0.6 is 0 Å². The van der Waals surface area contributed by atoms with Crippen molar-refractivity contribution in [1.82, 2.24) is 5.32 Å². The number of hydrogen-bond acceptors (Lipinski definition) is 4. The molecule has 3 fully saturated rings. The maximum Gasteiger partial charge on any atom is 0.417 e. The lowest BCUT2D eigenvalue weighted by atomic mass is 9.77. The van der Waals surface area contributed by atoms with Gasteiger partial charge in [-0.15, -0.1) is 0 Å². The van der Waals surface area contributed by atoms with Gasteiger partial charge in [0.15, 0.2) is 0 Å². The van der Waals surface area contributed by atoms with Crippen LogP contribution in [0.15, 0.2) is 18.2 Å². The molecule has 29 heavy (non-hydrogen) atoms. The summed E-state index contributed by atoms with van der Waals surface area (Å²) in [7, 11) is -3.97. The van der Waals surface area contributed by atoms with E-state index in [2.05, 4.69) is 5.32 Å². The highest BCUT2D eigenvalue weighted by atomic mass is 32.2.